The van der Waals surface area contributed by atoms with E-state index in [0.29, 0.717) is 6.04 Å². The molecular formula is C24H32N4OS. The molecule has 0 amide bonds. The van der Waals surface area contributed by atoms with E-state index in [1.807, 2.05) is 11.8 Å². The second-order valence-corrected chi connectivity index (χ2v) is 9.70. The summed E-state index contributed by atoms with van der Waals surface area (Å²) in [5.41, 5.74) is 14.0. The van der Waals surface area contributed by atoms with Crippen molar-refractivity contribution in [2.45, 2.75) is 48.9 Å². The Labute approximate surface area is 183 Å². The topological polar surface area (TPSA) is 53.8 Å². The summed E-state index contributed by atoms with van der Waals surface area (Å²) in [6, 6.07) is 9.79. The van der Waals surface area contributed by atoms with Gasteiger partial charge in [0.15, 0.2) is 0 Å². The van der Waals surface area contributed by atoms with Gasteiger partial charge in [-0.25, -0.2) is 0 Å². The molecule has 0 aliphatic carbocycles. The molecule has 0 unspecified atom stereocenters. The smallest absolute Gasteiger partial charge is 0.0642 e. The molecule has 2 aromatic rings. The van der Waals surface area contributed by atoms with Gasteiger partial charge in [-0.2, -0.15) is 0 Å². The van der Waals surface area contributed by atoms with E-state index in [9.17, 15) is 0 Å². The van der Waals surface area contributed by atoms with Crippen molar-refractivity contribution in [3.8, 4) is 0 Å². The van der Waals surface area contributed by atoms with E-state index < -0.39 is 0 Å². The largest absolute Gasteiger partial charge is 0.378 e. The number of hydrogen-bond donors (Lipinski definition) is 2. The van der Waals surface area contributed by atoms with Gasteiger partial charge < -0.3 is 25.6 Å². The van der Waals surface area contributed by atoms with Gasteiger partial charge in [0.25, 0.3) is 0 Å². The average Bonchev–Trinajstić information content (AvgIpc) is 2.78. The predicted octanol–water partition coefficient (Wildman–Crippen LogP) is 4.53. The summed E-state index contributed by atoms with van der Waals surface area (Å²) in [4.78, 5) is 7.61. The standard InChI is InChI=1S/C24H32N4OS/c1-3-17-13-20(27-6-4-18(25)5-7-27)15-22-24(17)26-23-16(2)12-19(14-21(23)30-22)28-8-10-29-11-9-28/h12-15,18,26H,3-11,25H2,1-2H3. The highest BCUT2D eigenvalue weighted by Crippen LogP contribution is 2.49. The number of aryl methyl sites for hydroxylation is 2. The van der Waals surface area contributed by atoms with Gasteiger partial charge >= 0.3 is 0 Å². The minimum Gasteiger partial charge on any atom is -0.378 e. The average molecular weight is 425 g/mol. The lowest BCUT2D eigenvalue weighted by Gasteiger charge is -2.34. The van der Waals surface area contributed by atoms with E-state index in [-0.39, 0.29) is 0 Å². The highest BCUT2D eigenvalue weighted by molar-refractivity contribution is 7.99. The molecule has 5 rings (SSSR count). The molecule has 3 aliphatic rings. The molecule has 0 atom stereocenters. The summed E-state index contributed by atoms with van der Waals surface area (Å²) in [5.74, 6) is 0. The van der Waals surface area contributed by atoms with Crippen molar-refractivity contribution >= 4 is 34.5 Å². The van der Waals surface area contributed by atoms with E-state index in [1.54, 1.807) is 0 Å². The second-order valence-electron chi connectivity index (χ2n) is 8.62. The summed E-state index contributed by atoms with van der Waals surface area (Å²) in [5, 5.41) is 3.79. The maximum absolute atomic E-state index is 6.13. The Morgan fingerprint density at radius 2 is 1.60 bits per heavy atom. The van der Waals surface area contributed by atoms with E-state index in [1.165, 1.54) is 43.7 Å². The van der Waals surface area contributed by atoms with Crippen LogP contribution in [0.3, 0.4) is 0 Å². The van der Waals surface area contributed by atoms with Crippen LogP contribution < -0.4 is 20.9 Å². The highest BCUT2D eigenvalue weighted by atomic mass is 32.2. The van der Waals surface area contributed by atoms with Crippen LogP contribution in [0.2, 0.25) is 0 Å². The fourth-order valence-corrected chi connectivity index (χ4v) is 5.92. The van der Waals surface area contributed by atoms with Crippen LogP contribution >= 0.6 is 11.8 Å². The van der Waals surface area contributed by atoms with Gasteiger partial charge in [-0.3, -0.25) is 0 Å². The van der Waals surface area contributed by atoms with Crippen molar-refractivity contribution in [1.82, 2.24) is 0 Å². The van der Waals surface area contributed by atoms with Crippen LogP contribution in [0.15, 0.2) is 34.1 Å². The number of nitrogens with two attached hydrogens (primary N) is 1. The van der Waals surface area contributed by atoms with Crippen LogP contribution in [0.1, 0.15) is 30.9 Å². The summed E-state index contributed by atoms with van der Waals surface area (Å²) in [6.45, 7) is 10.1. The predicted molar refractivity (Wildman–Crippen MR) is 127 cm³/mol. The molecule has 3 aliphatic heterocycles. The Morgan fingerprint density at radius 1 is 0.967 bits per heavy atom. The van der Waals surface area contributed by atoms with Crippen LogP contribution in [-0.4, -0.2) is 45.4 Å². The third-order valence-corrected chi connectivity index (χ3v) is 7.67. The summed E-state index contributed by atoms with van der Waals surface area (Å²) in [6.07, 6.45) is 3.18. The molecule has 0 radical (unpaired) electrons. The lowest BCUT2D eigenvalue weighted by atomic mass is 10.0. The lowest BCUT2D eigenvalue weighted by molar-refractivity contribution is 0.122. The molecule has 5 nitrogen and oxygen atoms in total. The number of benzene rings is 2. The quantitative estimate of drug-likeness (QED) is 0.644. The molecule has 3 N–H and O–H groups in total. The molecule has 3 heterocycles. The molecule has 0 saturated carbocycles. The van der Waals surface area contributed by atoms with Gasteiger partial charge in [-0.1, -0.05) is 18.7 Å². The van der Waals surface area contributed by atoms with Crippen molar-refractivity contribution in [2.75, 3.05) is 54.5 Å². The van der Waals surface area contributed by atoms with Crippen molar-refractivity contribution < 1.29 is 4.74 Å². The number of morpholine rings is 1. The number of nitrogens with zero attached hydrogens (tertiary/aromatic N) is 2. The molecule has 2 saturated heterocycles. The fourth-order valence-electron chi connectivity index (χ4n) is 4.72. The molecule has 6 heteroatoms. The van der Waals surface area contributed by atoms with Crippen LogP contribution in [0, 0.1) is 6.92 Å². The van der Waals surface area contributed by atoms with Crippen LogP contribution in [0.5, 0.6) is 0 Å². The SMILES string of the molecule is CCc1cc(N2CCC(N)CC2)cc2c1Nc1c(C)cc(N3CCOCC3)cc1S2. The van der Waals surface area contributed by atoms with Gasteiger partial charge in [0.05, 0.1) is 24.6 Å². The van der Waals surface area contributed by atoms with Crippen molar-refractivity contribution in [3.63, 3.8) is 0 Å². The summed E-state index contributed by atoms with van der Waals surface area (Å²) < 4.78 is 5.54. The van der Waals surface area contributed by atoms with Gasteiger partial charge in [0.1, 0.15) is 0 Å². The van der Waals surface area contributed by atoms with Gasteiger partial charge in [0.2, 0.25) is 0 Å². The molecular weight excluding hydrogens is 392 g/mol. The number of anilines is 4. The van der Waals surface area contributed by atoms with E-state index >= 15 is 0 Å². The van der Waals surface area contributed by atoms with E-state index in [0.717, 1.165) is 58.7 Å². The zero-order valence-corrected chi connectivity index (χ0v) is 18.9. The Morgan fingerprint density at radius 3 is 2.30 bits per heavy atom. The number of nitrogens with one attached hydrogen (secondary N) is 1. The Balaban J connectivity index is 1.48. The minimum absolute atomic E-state index is 0.356. The zero-order valence-electron chi connectivity index (χ0n) is 18.0. The van der Waals surface area contributed by atoms with Crippen LogP contribution in [-0.2, 0) is 11.2 Å². The Hall–Kier alpha value is -1.89. The van der Waals surface area contributed by atoms with Gasteiger partial charge in [0, 0.05) is 53.4 Å². The molecule has 2 fully saturated rings. The monoisotopic (exact) mass is 424 g/mol. The normalized spacial score (nSPS) is 19.3. The van der Waals surface area contributed by atoms with Crippen molar-refractivity contribution in [2.24, 2.45) is 5.73 Å². The molecule has 30 heavy (non-hydrogen) atoms. The molecule has 0 spiro atoms. The van der Waals surface area contributed by atoms with Crippen LogP contribution in [0.4, 0.5) is 22.7 Å². The first kappa shape index (κ1) is 20.0. The maximum Gasteiger partial charge on any atom is 0.0642 e. The molecule has 0 bridgehead atoms. The van der Waals surface area contributed by atoms with Crippen molar-refractivity contribution in [1.29, 1.82) is 0 Å². The Bertz CT molecular complexity index is 933. The second kappa shape index (κ2) is 8.33. The molecule has 0 aromatic heterocycles. The fraction of sp³-hybridized carbons (Fsp3) is 0.500. The Kier molecular flexibility index (Phi) is 5.56. The third kappa shape index (κ3) is 3.77. The third-order valence-electron chi connectivity index (χ3n) is 6.58. The van der Waals surface area contributed by atoms with E-state index in [4.69, 9.17) is 10.5 Å². The number of ether oxygens (including phenoxy) is 1. The number of hydrogen-bond acceptors (Lipinski definition) is 6. The minimum atomic E-state index is 0.356. The van der Waals surface area contributed by atoms with Crippen molar-refractivity contribution in [3.05, 3.63) is 35.4 Å². The number of fused-ring (bicyclic) bond motifs is 2. The first-order valence-corrected chi connectivity index (χ1v) is 12.0. The van der Waals surface area contributed by atoms with Gasteiger partial charge in [-0.15, -0.1) is 0 Å². The first-order chi connectivity index (χ1) is 14.6. The van der Waals surface area contributed by atoms with Gasteiger partial charge in [-0.05, 0) is 61.6 Å². The zero-order chi connectivity index (χ0) is 20.7. The van der Waals surface area contributed by atoms with E-state index in [2.05, 4.69) is 53.2 Å². The maximum atomic E-state index is 6.13. The number of rotatable bonds is 3. The first-order valence-electron chi connectivity index (χ1n) is 11.2. The summed E-state index contributed by atoms with van der Waals surface area (Å²) in [7, 11) is 0. The number of piperidine rings is 1. The molecule has 2 aromatic carbocycles. The lowest BCUT2D eigenvalue weighted by Crippen LogP contribution is -2.39. The molecule has 160 valence electrons. The summed E-state index contributed by atoms with van der Waals surface area (Å²) >= 11 is 1.91. The van der Waals surface area contributed by atoms with Crippen LogP contribution in [0.25, 0.3) is 0 Å². The highest BCUT2D eigenvalue weighted by Gasteiger charge is 2.25.